The summed E-state index contributed by atoms with van der Waals surface area (Å²) in [6.07, 6.45) is 0.901. The predicted octanol–water partition coefficient (Wildman–Crippen LogP) is 0.746. The number of benzene rings is 1. The number of ether oxygens (including phenoxy) is 2. The zero-order valence-corrected chi connectivity index (χ0v) is 12.8. The third-order valence-electron chi connectivity index (χ3n) is 3.65. The lowest BCUT2D eigenvalue weighted by atomic mass is 10.2. The van der Waals surface area contributed by atoms with Crippen LogP contribution < -0.4 is 25.4 Å². The van der Waals surface area contributed by atoms with E-state index in [0.717, 1.165) is 36.7 Å². The van der Waals surface area contributed by atoms with E-state index >= 15 is 0 Å². The molecule has 1 aromatic rings. The molecule has 0 saturated carbocycles. The van der Waals surface area contributed by atoms with Crippen molar-refractivity contribution >= 4 is 11.6 Å². The molecule has 1 amide bonds. The van der Waals surface area contributed by atoms with Gasteiger partial charge < -0.3 is 25.4 Å². The summed E-state index contributed by atoms with van der Waals surface area (Å²) in [4.78, 5) is 13.9. The van der Waals surface area contributed by atoms with Gasteiger partial charge in [-0.1, -0.05) is 0 Å². The Balaban J connectivity index is 2.05. The van der Waals surface area contributed by atoms with E-state index < -0.39 is 6.04 Å². The van der Waals surface area contributed by atoms with Gasteiger partial charge in [-0.05, 0) is 13.3 Å². The Kier molecular flexibility index (Phi) is 4.90. The first-order chi connectivity index (χ1) is 10.0. The average Bonchev–Trinajstić information content (AvgIpc) is 2.95. The van der Waals surface area contributed by atoms with Gasteiger partial charge >= 0.3 is 0 Å². The van der Waals surface area contributed by atoms with Crippen LogP contribution in [0.25, 0.3) is 0 Å². The second kappa shape index (κ2) is 6.67. The normalized spacial score (nSPS) is 19.2. The van der Waals surface area contributed by atoms with Gasteiger partial charge in [0.2, 0.25) is 5.91 Å². The van der Waals surface area contributed by atoms with E-state index in [1.807, 2.05) is 18.2 Å². The average molecular weight is 293 g/mol. The Morgan fingerprint density at radius 1 is 1.33 bits per heavy atom. The number of methoxy groups -OCH3 is 2. The number of amides is 1. The van der Waals surface area contributed by atoms with E-state index in [4.69, 9.17) is 15.2 Å². The molecule has 2 rings (SSSR count). The van der Waals surface area contributed by atoms with Crippen LogP contribution >= 0.6 is 0 Å². The van der Waals surface area contributed by atoms with Crippen LogP contribution in [0.3, 0.4) is 0 Å². The number of nitrogens with two attached hydrogens (primary N) is 1. The maximum absolute atomic E-state index is 11.6. The number of hydrogen-bond acceptors (Lipinski definition) is 5. The van der Waals surface area contributed by atoms with E-state index in [1.54, 1.807) is 21.1 Å². The Morgan fingerprint density at radius 3 is 2.48 bits per heavy atom. The number of nitrogens with zero attached hydrogens (tertiary/aromatic N) is 1. The zero-order valence-electron chi connectivity index (χ0n) is 12.8. The molecule has 1 fully saturated rings. The number of nitrogens with one attached hydrogen (secondary N) is 1. The van der Waals surface area contributed by atoms with Gasteiger partial charge in [0.1, 0.15) is 11.5 Å². The van der Waals surface area contributed by atoms with Crippen LogP contribution in [0.5, 0.6) is 11.5 Å². The van der Waals surface area contributed by atoms with Gasteiger partial charge in [0.25, 0.3) is 0 Å². The molecule has 0 radical (unpaired) electrons. The van der Waals surface area contributed by atoms with Crippen LogP contribution in [0.1, 0.15) is 13.3 Å². The van der Waals surface area contributed by atoms with Crippen LogP contribution in [0.15, 0.2) is 18.2 Å². The van der Waals surface area contributed by atoms with Crippen molar-refractivity contribution in [2.75, 3.05) is 32.2 Å². The second-order valence-corrected chi connectivity index (χ2v) is 5.30. The lowest BCUT2D eigenvalue weighted by Gasteiger charge is -2.21. The summed E-state index contributed by atoms with van der Waals surface area (Å²) in [6.45, 7) is 3.32. The first kappa shape index (κ1) is 15.4. The molecule has 2 atom stereocenters. The van der Waals surface area contributed by atoms with Crippen LogP contribution in [0.4, 0.5) is 5.69 Å². The van der Waals surface area contributed by atoms with Crippen LogP contribution in [-0.2, 0) is 4.79 Å². The van der Waals surface area contributed by atoms with Crippen molar-refractivity contribution < 1.29 is 14.3 Å². The van der Waals surface area contributed by atoms with Crippen molar-refractivity contribution in [1.82, 2.24) is 5.32 Å². The van der Waals surface area contributed by atoms with Crippen molar-refractivity contribution in [3.63, 3.8) is 0 Å². The quantitative estimate of drug-likeness (QED) is 0.837. The molecule has 1 unspecified atom stereocenters. The number of anilines is 1. The minimum absolute atomic E-state index is 0.106. The van der Waals surface area contributed by atoms with Gasteiger partial charge in [-0.3, -0.25) is 4.79 Å². The third-order valence-corrected chi connectivity index (χ3v) is 3.65. The molecule has 1 saturated heterocycles. The monoisotopic (exact) mass is 293 g/mol. The molecule has 0 bridgehead atoms. The highest BCUT2D eigenvalue weighted by atomic mass is 16.5. The van der Waals surface area contributed by atoms with Crippen molar-refractivity contribution in [2.24, 2.45) is 5.73 Å². The Morgan fingerprint density at radius 2 is 1.95 bits per heavy atom. The molecule has 116 valence electrons. The number of rotatable bonds is 5. The van der Waals surface area contributed by atoms with E-state index in [1.165, 1.54) is 0 Å². The molecular formula is C15H23N3O3. The first-order valence-corrected chi connectivity index (χ1v) is 7.07. The molecule has 1 heterocycles. The van der Waals surface area contributed by atoms with Crippen molar-refractivity contribution in [3.8, 4) is 11.5 Å². The van der Waals surface area contributed by atoms with Gasteiger partial charge in [-0.15, -0.1) is 0 Å². The number of hydrogen-bond donors (Lipinski definition) is 2. The van der Waals surface area contributed by atoms with Crippen molar-refractivity contribution in [2.45, 2.75) is 25.4 Å². The number of carbonyl (C=O) groups excluding carboxylic acids is 1. The lowest BCUT2D eigenvalue weighted by Crippen LogP contribution is -2.44. The summed E-state index contributed by atoms with van der Waals surface area (Å²) in [7, 11) is 3.27. The fraction of sp³-hybridized carbons (Fsp3) is 0.533. The van der Waals surface area contributed by atoms with Crippen LogP contribution in [0, 0.1) is 0 Å². The van der Waals surface area contributed by atoms with Gasteiger partial charge in [0, 0.05) is 43.0 Å². The van der Waals surface area contributed by atoms with E-state index in [-0.39, 0.29) is 11.9 Å². The molecule has 3 N–H and O–H groups in total. The highest BCUT2D eigenvalue weighted by Gasteiger charge is 2.25. The molecule has 1 aliphatic rings. The number of carbonyl (C=O) groups is 1. The topological polar surface area (TPSA) is 76.8 Å². The van der Waals surface area contributed by atoms with Crippen LogP contribution in [-0.4, -0.2) is 45.3 Å². The van der Waals surface area contributed by atoms with E-state index in [9.17, 15) is 4.79 Å². The Hall–Kier alpha value is -1.95. The molecule has 1 aromatic carbocycles. The molecule has 0 aliphatic carbocycles. The minimum Gasteiger partial charge on any atom is -0.497 e. The fourth-order valence-electron chi connectivity index (χ4n) is 2.42. The Bertz CT molecular complexity index is 483. The highest BCUT2D eigenvalue weighted by Crippen LogP contribution is 2.30. The third kappa shape index (κ3) is 3.78. The molecular weight excluding hydrogens is 270 g/mol. The smallest absolute Gasteiger partial charge is 0.236 e. The summed E-state index contributed by atoms with van der Waals surface area (Å²) in [5.74, 6) is 1.41. The van der Waals surface area contributed by atoms with Gasteiger partial charge in [0.05, 0.1) is 20.3 Å². The predicted molar refractivity (Wildman–Crippen MR) is 82.0 cm³/mol. The summed E-state index contributed by atoms with van der Waals surface area (Å²) in [5, 5.41) is 2.97. The van der Waals surface area contributed by atoms with Gasteiger partial charge in [-0.25, -0.2) is 0 Å². The molecule has 21 heavy (non-hydrogen) atoms. The van der Waals surface area contributed by atoms with Gasteiger partial charge in [-0.2, -0.15) is 0 Å². The molecule has 1 aliphatic heterocycles. The van der Waals surface area contributed by atoms with Gasteiger partial charge in [0.15, 0.2) is 0 Å². The standard InChI is InChI=1S/C15H23N3O3/c1-10(16)15(19)17-11-4-5-18(9-11)12-6-13(20-2)8-14(7-12)21-3/h6-8,10-11H,4-5,9,16H2,1-3H3,(H,17,19)/t10-,11?/m1/s1. The summed E-state index contributed by atoms with van der Waals surface area (Å²) in [5.41, 5.74) is 6.61. The highest BCUT2D eigenvalue weighted by molar-refractivity contribution is 5.81. The fourth-order valence-corrected chi connectivity index (χ4v) is 2.42. The maximum atomic E-state index is 11.6. The summed E-state index contributed by atoms with van der Waals surface area (Å²) in [6, 6.07) is 5.43. The summed E-state index contributed by atoms with van der Waals surface area (Å²) >= 11 is 0. The largest absolute Gasteiger partial charge is 0.497 e. The molecule has 0 aromatic heterocycles. The minimum atomic E-state index is -0.476. The van der Waals surface area contributed by atoms with E-state index in [2.05, 4.69) is 10.2 Å². The Labute approximate surface area is 125 Å². The van der Waals surface area contributed by atoms with Crippen molar-refractivity contribution in [3.05, 3.63) is 18.2 Å². The van der Waals surface area contributed by atoms with E-state index in [0.29, 0.717) is 0 Å². The lowest BCUT2D eigenvalue weighted by molar-refractivity contribution is -0.122. The second-order valence-electron chi connectivity index (χ2n) is 5.30. The molecule has 0 spiro atoms. The summed E-state index contributed by atoms with van der Waals surface area (Å²) < 4.78 is 10.6. The molecule has 6 heteroatoms. The maximum Gasteiger partial charge on any atom is 0.236 e. The zero-order chi connectivity index (χ0) is 15.4. The van der Waals surface area contributed by atoms with Crippen molar-refractivity contribution in [1.29, 1.82) is 0 Å². The first-order valence-electron chi connectivity index (χ1n) is 7.07. The SMILES string of the molecule is COc1cc(OC)cc(N2CCC(NC(=O)[C@@H](C)N)C2)c1. The molecule has 6 nitrogen and oxygen atoms in total. The van der Waals surface area contributed by atoms with Crippen LogP contribution in [0.2, 0.25) is 0 Å².